The summed E-state index contributed by atoms with van der Waals surface area (Å²) in [6.45, 7) is 1.51. The van der Waals surface area contributed by atoms with Crippen LogP contribution >= 0.6 is 0 Å². The molecule has 0 saturated carbocycles. The number of carboxylic acids is 1. The van der Waals surface area contributed by atoms with Crippen LogP contribution < -0.4 is 10.2 Å². The van der Waals surface area contributed by atoms with Crippen molar-refractivity contribution in [1.82, 2.24) is 5.32 Å². The Kier molecular flexibility index (Phi) is 9.45. The molecule has 2 atom stereocenters. The first-order valence-electron chi connectivity index (χ1n) is 13.0. The number of nitrogens with zero attached hydrogens (tertiary/aromatic N) is 1. The molecule has 1 saturated heterocycles. The van der Waals surface area contributed by atoms with Gasteiger partial charge in [-0.05, 0) is 48.2 Å². The first kappa shape index (κ1) is 27.6. The standard InChI is InChI=1S/C31H32N2O6/c34-21-23-15-17-33(18-16-23)26-13-11-25(12-14-26)30(37)32-27(20-29(35)36)31(38)39-28(24-9-5-2-6-10-24)19-22-7-3-1-4-8-22/h1-14,21,23,27-28H,15-20H2,(H,32,37)(H,35,36)/t27-,28?/m0/s1. The quantitative estimate of drug-likeness (QED) is 0.283. The van der Waals surface area contributed by atoms with Gasteiger partial charge >= 0.3 is 11.9 Å². The molecular formula is C31H32N2O6. The van der Waals surface area contributed by atoms with E-state index >= 15 is 0 Å². The molecular weight excluding hydrogens is 496 g/mol. The van der Waals surface area contributed by atoms with Crippen molar-refractivity contribution in [3.05, 3.63) is 102 Å². The molecule has 1 fully saturated rings. The third kappa shape index (κ3) is 7.77. The number of carboxylic acid groups (broad SMARTS) is 1. The number of aliphatic carboxylic acids is 1. The summed E-state index contributed by atoms with van der Waals surface area (Å²) in [5, 5.41) is 12.0. The first-order valence-corrected chi connectivity index (χ1v) is 13.0. The lowest BCUT2D eigenvalue weighted by Gasteiger charge is -2.31. The summed E-state index contributed by atoms with van der Waals surface area (Å²) >= 11 is 0. The predicted octanol–water partition coefficient (Wildman–Crippen LogP) is 4.20. The van der Waals surface area contributed by atoms with Gasteiger partial charge in [0.25, 0.3) is 5.91 Å². The Bertz CT molecular complexity index is 1260. The molecule has 2 N–H and O–H groups in total. The molecule has 8 nitrogen and oxygen atoms in total. The third-order valence-electron chi connectivity index (χ3n) is 6.89. The molecule has 3 aromatic carbocycles. The summed E-state index contributed by atoms with van der Waals surface area (Å²) in [6.07, 6.45) is 1.72. The molecule has 0 spiro atoms. The maximum Gasteiger partial charge on any atom is 0.329 e. The summed E-state index contributed by atoms with van der Waals surface area (Å²) in [5.41, 5.74) is 2.95. The van der Waals surface area contributed by atoms with E-state index in [0.717, 1.165) is 49.0 Å². The van der Waals surface area contributed by atoms with Gasteiger partial charge in [-0.3, -0.25) is 9.59 Å². The van der Waals surface area contributed by atoms with Crippen LogP contribution in [0.25, 0.3) is 0 Å². The molecule has 39 heavy (non-hydrogen) atoms. The topological polar surface area (TPSA) is 113 Å². The second-order valence-corrected chi connectivity index (χ2v) is 9.66. The summed E-state index contributed by atoms with van der Waals surface area (Å²) in [7, 11) is 0. The van der Waals surface area contributed by atoms with Gasteiger partial charge in [-0.1, -0.05) is 60.7 Å². The van der Waals surface area contributed by atoms with Gasteiger partial charge in [-0.25, -0.2) is 4.79 Å². The molecule has 1 aliphatic heterocycles. The number of anilines is 1. The largest absolute Gasteiger partial charge is 0.481 e. The molecule has 4 rings (SSSR count). The Hall–Kier alpha value is -4.46. The van der Waals surface area contributed by atoms with Gasteiger partial charge in [-0.2, -0.15) is 0 Å². The second kappa shape index (κ2) is 13.4. The highest BCUT2D eigenvalue weighted by atomic mass is 16.5. The highest BCUT2D eigenvalue weighted by Crippen LogP contribution is 2.25. The predicted molar refractivity (Wildman–Crippen MR) is 146 cm³/mol. The van der Waals surface area contributed by atoms with E-state index in [9.17, 15) is 24.3 Å². The molecule has 3 aromatic rings. The number of ether oxygens (including phenoxy) is 1. The van der Waals surface area contributed by atoms with E-state index in [2.05, 4.69) is 10.2 Å². The van der Waals surface area contributed by atoms with Crippen molar-refractivity contribution in [1.29, 1.82) is 0 Å². The summed E-state index contributed by atoms with van der Waals surface area (Å²) in [5.74, 6) is -2.52. The SMILES string of the molecule is O=CC1CCN(c2ccc(C(=O)N[C@@H](CC(=O)O)C(=O)OC(Cc3ccccc3)c3ccccc3)cc2)CC1. The summed E-state index contributed by atoms with van der Waals surface area (Å²) in [4.78, 5) is 50.9. The van der Waals surface area contributed by atoms with Crippen molar-refractivity contribution in [2.75, 3.05) is 18.0 Å². The number of hydrogen-bond donors (Lipinski definition) is 2. The monoisotopic (exact) mass is 528 g/mol. The molecule has 0 aromatic heterocycles. The van der Waals surface area contributed by atoms with Crippen LogP contribution in [0.1, 0.15) is 46.9 Å². The van der Waals surface area contributed by atoms with E-state index in [-0.39, 0.29) is 5.92 Å². The molecule has 202 valence electrons. The fraction of sp³-hybridized carbons (Fsp3) is 0.290. The van der Waals surface area contributed by atoms with Crippen molar-refractivity contribution >= 4 is 29.8 Å². The van der Waals surface area contributed by atoms with Crippen molar-refractivity contribution in [2.45, 2.75) is 37.8 Å². The van der Waals surface area contributed by atoms with Gasteiger partial charge in [0.1, 0.15) is 18.4 Å². The van der Waals surface area contributed by atoms with Gasteiger partial charge in [0.15, 0.2) is 0 Å². The number of piperidine rings is 1. The molecule has 0 aliphatic carbocycles. The number of rotatable bonds is 11. The van der Waals surface area contributed by atoms with Gasteiger partial charge in [0, 0.05) is 36.7 Å². The van der Waals surface area contributed by atoms with Crippen LogP contribution in [0.3, 0.4) is 0 Å². The Balaban J connectivity index is 1.44. The minimum Gasteiger partial charge on any atom is -0.481 e. The number of aldehydes is 1. The second-order valence-electron chi connectivity index (χ2n) is 9.66. The number of carbonyl (C=O) groups is 4. The number of amides is 1. The molecule has 1 amide bonds. The molecule has 1 unspecified atom stereocenters. The minimum absolute atomic E-state index is 0.0893. The van der Waals surface area contributed by atoms with E-state index in [1.165, 1.54) is 0 Å². The van der Waals surface area contributed by atoms with Crippen LogP contribution in [0.5, 0.6) is 0 Å². The fourth-order valence-electron chi connectivity index (χ4n) is 4.67. The van der Waals surface area contributed by atoms with Gasteiger partial charge in [-0.15, -0.1) is 0 Å². The van der Waals surface area contributed by atoms with E-state index in [1.54, 1.807) is 12.1 Å². The highest BCUT2D eigenvalue weighted by molar-refractivity contribution is 5.97. The Morgan fingerprint density at radius 1 is 0.923 bits per heavy atom. The lowest BCUT2D eigenvalue weighted by molar-refractivity contribution is -0.155. The van der Waals surface area contributed by atoms with Crippen molar-refractivity contribution in [3.63, 3.8) is 0 Å². The zero-order valence-corrected chi connectivity index (χ0v) is 21.6. The maximum atomic E-state index is 13.2. The van der Waals surface area contributed by atoms with Crippen molar-refractivity contribution in [3.8, 4) is 0 Å². The van der Waals surface area contributed by atoms with Crippen LogP contribution in [0.4, 0.5) is 5.69 Å². The fourth-order valence-corrected chi connectivity index (χ4v) is 4.67. The zero-order chi connectivity index (χ0) is 27.6. The van der Waals surface area contributed by atoms with Gasteiger partial charge in [0.05, 0.1) is 6.42 Å². The van der Waals surface area contributed by atoms with Crippen LogP contribution in [-0.4, -0.2) is 48.4 Å². The van der Waals surface area contributed by atoms with Crippen LogP contribution in [0.2, 0.25) is 0 Å². The normalized spacial score (nSPS) is 15.1. The molecule has 1 aliphatic rings. The lowest BCUT2D eigenvalue weighted by atomic mass is 9.98. The van der Waals surface area contributed by atoms with E-state index in [0.29, 0.717) is 12.0 Å². The van der Waals surface area contributed by atoms with E-state index < -0.39 is 36.4 Å². The van der Waals surface area contributed by atoms with Crippen LogP contribution in [-0.2, 0) is 25.5 Å². The average Bonchev–Trinajstić information content (AvgIpc) is 2.97. The first-order chi connectivity index (χ1) is 18.9. The van der Waals surface area contributed by atoms with E-state index in [4.69, 9.17) is 4.74 Å². The Labute approximate surface area is 227 Å². The van der Waals surface area contributed by atoms with E-state index in [1.807, 2.05) is 72.8 Å². The van der Waals surface area contributed by atoms with Crippen molar-refractivity contribution in [2.24, 2.45) is 5.92 Å². The number of esters is 1. The molecule has 1 heterocycles. The van der Waals surface area contributed by atoms with Crippen LogP contribution in [0, 0.1) is 5.92 Å². The average molecular weight is 529 g/mol. The minimum atomic E-state index is -1.36. The lowest BCUT2D eigenvalue weighted by Crippen LogP contribution is -2.43. The number of hydrogen-bond acceptors (Lipinski definition) is 6. The number of benzene rings is 3. The smallest absolute Gasteiger partial charge is 0.329 e. The maximum absolute atomic E-state index is 13.2. The summed E-state index contributed by atoms with van der Waals surface area (Å²) < 4.78 is 5.81. The molecule has 0 radical (unpaired) electrons. The summed E-state index contributed by atoms with van der Waals surface area (Å²) in [6, 6.07) is 24.3. The highest BCUT2D eigenvalue weighted by Gasteiger charge is 2.29. The van der Waals surface area contributed by atoms with Crippen LogP contribution in [0.15, 0.2) is 84.9 Å². The van der Waals surface area contributed by atoms with Gasteiger partial charge < -0.3 is 24.9 Å². The number of nitrogens with one attached hydrogen (secondary N) is 1. The number of carbonyl (C=O) groups excluding carboxylic acids is 3. The molecule has 8 heteroatoms. The molecule has 0 bridgehead atoms. The Morgan fingerprint density at radius 2 is 1.54 bits per heavy atom. The van der Waals surface area contributed by atoms with Gasteiger partial charge in [0.2, 0.25) is 0 Å². The Morgan fingerprint density at radius 3 is 2.13 bits per heavy atom. The zero-order valence-electron chi connectivity index (χ0n) is 21.6. The van der Waals surface area contributed by atoms with Crippen molar-refractivity contribution < 1.29 is 29.0 Å². The third-order valence-corrected chi connectivity index (χ3v) is 6.89.